The van der Waals surface area contributed by atoms with Crippen molar-refractivity contribution in [2.75, 3.05) is 0 Å². The van der Waals surface area contributed by atoms with Crippen molar-refractivity contribution in [3.05, 3.63) is 12.7 Å². The van der Waals surface area contributed by atoms with Gasteiger partial charge in [-0.15, -0.1) is 6.58 Å². The first kappa shape index (κ1) is 8.75. The number of hydrogen-bond acceptors (Lipinski definition) is 2. The topological polar surface area (TPSA) is 52.0 Å². The summed E-state index contributed by atoms with van der Waals surface area (Å²) in [6.45, 7) is 3.68. The van der Waals surface area contributed by atoms with Crippen molar-refractivity contribution in [1.82, 2.24) is 0 Å². The van der Waals surface area contributed by atoms with Gasteiger partial charge in [0, 0.05) is 11.6 Å². The molecule has 2 nitrogen and oxygen atoms in total. The molecule has 0 amide bonds. The highest BCUT2D eigenvalue weighted by molar-refractivity contribution is 5.04. The van der Waals surface area contributed by atoms with Crippen LogP contribution >= 0.6 is 0 Å². The lowest BCUT2D eigenvalue weighted by Crippen LogP contribution is -2.55. The highest BCUT2D eigenvalue weighted by Gasteiger charge is 2.31. The smallest absolute Gasteiger partial charge is 0.0404 e. The summed E-state index contributed by atoms with van der Waals surface area (Å²) in [6, 6.07) is -0.0252. The van der Waals surface area contributed by atoms with E-state index < -0.39 is 0 Å². The Hall–Kier alpha value is -0.340. The van der Waals surface area contributed by atoms with E-state index in [-0.39, 0.29) is 11.6 Å². The fourth-order valence-corrected chi connectivity index (χ4v) is 1.78. The average molecular weight is 154 g/mol. The Morgan fingerprint density at radius 1 is 1.27 bits per heavy atom. The van der Waals surface area contributed by atoms with Crippen molar-refractivity contribution in [3.8, 4) is 0 Å². The molecule has 1 aliphatic rings. The maximum Gasteiger partial charge on any atom is 0.0404 e. The molecule has 0 aromatic heterocycles. The molecular weight excluding hydrogens is 136 g/mol. The average Bonchev–Trinajstić information content (AvgIpc) is 2.04. The van der Waals surface area contributed by atoms with E-state index in [2.05, 4.69) is 6.58 Å². The van der Waals surface area contributed by atoms with Gasteiger partial charge in [-0.1, -0.05) is 25.3 Å². The quantitative estimate of drug-likeness (QED) is 0.586. The molecule has 0 aliphatic heterocycles. The van der Waals surface area contributed by atoms with E-state index in [9.17, 15) is 0 Å². The second-order valence-electron chi connectivity index (χ2n) is 3.56. The van der Waals surface area contributed by atoms with Gasteiger partial charge in [-0.2, -0.15) is 0 Å². The predicted molar refractivity (Wildman–Crippen MR) is 48.2 cm³/mol. The minimum Gasteiger partial charge on any atom is -0.324 e. The number of hydrogen-bond donors (Lipinski definition) is 2. The molecule has 1 unspecified atom stereocenters. The second-order valence-corrected chi connectivity index (χ2v) is 3.56. The molecule has 0 bridgehead atoms. The van der Waals surface area contributed by atoms with Gasteiger partial charge in [0.1, 0.15) is 0 Å². The zero-order valence-electron chi connectivity index (χ0n) is 7.05. The van der Waals surface area contributed by atoms with E-state index >= 15 is 0 Å². The van der Waals surface area contributed by atoms with Crippen molar-refractivity contribution < 1.29 is 0 Å². The molecule has 0 spiro atoms. The van der Waals surface area contributed by atoms with Crippen LogP contribution in [-0.2, 0) is 0 Å². The minimum atomic E-state index is -0.153. The molecule has 2 heteroatoms. The molecule has 1 rings (SSSR count). The Kier molecular flexibility index (Phi) is 2.68. The van der Waals surface area contributed by atoms with Crippen LogP contribution in [0, 0.1) is 0 Å². The largest absolute Gasteiger partial charge is 0.324 e. The molecule has 0 aromatic rings. The van der Waals surface area contributed by atoms with Crippen molar-refractivity contribution in [2.45, 2.75) is 43.7 Å². The monoisotopic (exact) mass is 154 g/mol. The van der Waals surface area contributed by atoms with Crippen LogP contribution < -0.4 is 11.5 Å². The Bertz CT molecular complexity index is 136. The van der Waals surface area contributed by atoms with Crippen LogP contribution in [0.4, 0.5) is 0 Å². The van der Waals surface area contributed by atoms with Crippen LogP contribution in [-0.4, -0.2) is 11.6 Å². The summed E-state index contributed by atoms with van der Waals surface area (Å²) in [5, 5.41) is 0. The highest BCUT2D eigenvalue weighted by Crippen LogP contribution is 2.28. The van der Waals surface area contributed by atoms with Gasteiger partial charge in [0.15, 0.2) is 0 Å². The molecule has 11 heavy (non-hydrogen) atoms. The van der Waals surface area contributed by atoms with E-state index in [4.69, 9.17) is 11.5 Å². The predicted octanol–water partition coefficient (Wildman–Crippen LogP) is 1.16. The second kappa shape index (κ2) is 3.37. The van der Waals surface area contributed by atoms with Crippen molar-refractivity contribution in [1.29, 1.82) is 0 Å². The lowest BCUT2D eigenvalue weighted by atomic mass is 9.77. The lowest BCUT2D eigenvalue weighted by Gasteiger charge is -2.37. The molecule has 0 aromatic carbocycles. The SMILES string of the molecule is C=CC(N)C1(N)CCCCC1. The molecule has 0 radical (unpaired) electrons. The van der Waals surface area contributed by atoms with Gasteiger partial charge < -0.3 is 11.5 Å². The third kappa shape index (κ3) is 1.82. The Balaban J connectivity index is 2.55. The number of nitrogens with two attached hydrogens (primary N) is 2. The van der Waals surface area contributed by atoms with Gasteiger partial charge in [0.05, 0.1) is 0 Å². The zero-order chi connectivity index (χ0) is 8.32. The van der Waals surface area contributed by atoms with Crippen molar-refractivity contribution in [3.63, 3.8) is 0 Å². The maximum atomic E-state index is 6.12. The zero-order valence-corrected chi connectivity index (χ0v) is 7.05. The van der Waals surface area contributed by atoms with Gasteiger partial charge >= 0.3 is 0 Å². The molecule has 1 fully saturated rings. The van der Waals surface area contributed by atoms with Crippen LogP contribution in [0.3, 0.4) is 0 Å². The molecule has 0 heterocycles. The van der Waals surface area contributed by atoms with E-state index in [0.717, 1.165) is 12.8 Å². The molecule has 64 valence electrons. The molecule has 1 atom stereocenters. The van der Waals surface area contributed by atoms with Crippen LogP contribution in [0.5, 0.6) is 0 Å². The van der Waals surface area contributed by atoms with E-state index in [1.165, 1.54) is 19.3 Å². The summed E-state index contributed by atoms with van der Waals surface area (Å²) >= 11 is 0. The normalized spacial score (nSPS) is 26.0. The van der Waals surface area contributed by atoms with Crippen LogP contribution in [0.1, 0.15) is 32.1 Å². The Morgan fingerprint density at radius 3 is 2.27 bits per heavy atom. The lowest BCUT2D eigenvalue weighted by molar-refractivity contribution is 0.272. The third-order valence-electron chi connectivity index (χ3n) is 2.70. The number of rotatable bonds is 2. The van der Waals surface area contributed by atoms with Crippen molar-refractivity contribution in [2.24, 2.45) is 11.5 Å². The molecular formula is C9H18N2. The van der Waals surface area contributed by atoms with Gasteiger partial charge in [-0.25, -0.2) is 0 Å². The van der Waals surface area contributed by atoms with E-state index in [1.807, 2.05) is 0 Å². The molecule has 4 N–H and O–H groups in total. The molecule has 1 aliphatic carbocycles. The van der Waals surface area contributed by atoms with Crippen molar-refractivity contribution >= 4 is 0 Å². The summed E-state index contributed by atoms with van der Waals surface area (Å²) in [4.78, 5) is 0. The van der Waals surface area contributed by atoms with Crippen LogP contribution in [0.2, 0.25) is 0 Å². The highest BCUT2D eigenvalue weighted by atomic mass is 14.8. The van der Waals surface area contributed by atoms with Crippen LogP contribution in [0.25, 0.3) is 0 Å². The Labute approximate surface area is 68.6 Å². The first-order chi connectivity index (χ1) is 5.19. The van der Waals surface area contributed by atoms with Gasteiger partial charge in [-0.3, -0.25) is 0 Å². The summed E-state index contributed by atoms with van der Waals surface area (Å²) in [7, 11) is 0. The summed E-state index contributed by atoms with van der Waals surface area (Å²) < 4.78 is 0. The van der Waals surface area contributed by atoms with E-state index in [0.29, 0.717) is 0 Å². The fourth-order valence-electron chi connectivity index (χ4n) is 1.78. The van der Waals surface area contributed by atoms with Crippen LogP contribution in [0.15, 0.2) is 12.7 Å². The minimum absolute atomic E-state index is 0.0252. The summed E-state index contributed by atoms with van der Waals surface area (Å²) in [5.74, 6) is 0. The third-order valence-corrected chi connectivity index (χ3v) is 2.70. The molecule has 1 saturated carbocycles. The summed E-state index contributed by atoms with van der Waals surface area (Å²) in [5.41, 5.74) is 11.8. The standard InChI is InChI=1S/C9H18N2/c1-2-8(10)9(11)6-4-3-5-7-9/h2,8H,1,3-7,10-11H2. The van der Waals surface area contributed by atoms with Gasteiger partial charge in [0.25, 0.3) is 0 Å². The Morgan fingerprint density at radius 2 is 1.82 bits per heavy atom. The fraction of sp³-hybridized carbons (Fsp3) is 0.778. The molecule has 0 saturated heterocycles. The summed E-state index contributed by atoms with van der Waals surface area (Å²) in [6.07, 6.45) is 7.63. The van der Waals surface area contributed by atoms with Gasteiger partial charge in [0.2, 0.25) is 0 Å². The van der Waals surface area contributed by atoms with E-state index in [1.54, 1.807) is 6.08 Å². The first-order valence-electron chi connectivity index (χ1n) is 4.36. The maximum absolute atomic E-state index is 6.12. The first-order valence-corrected chi connectivity index (χ1v) is 4.36. The van der Waals surface area contributed by atoms with Gasteiger partial charge in [-0.05, 0) is 12.8 Å².